The van der Waals surface area contributed by atoms with E-state index in [0.29, 0.717) is 18.1 Å². The number of carboxylic acids is 1. The lowest BCUT2D eigenvalue weighted by atomic mass is 9.84. The van der Waals surface area contributed by atoms with Crippen molar-refractivity contribution in [2.75, 3.05) is 0 Å². The second-order valence-corrected chi connectivity index (χ2v) is 6.39. The lowest BCUT2D eigenvalue weighted by Gasteiger charge is -2.31. The maximum Gasteiger partial charge on any atom is 0.320 e. The Hall–Kier alpha value is -1.63. The Labute approximate surface area is 137 Å². The van der Waals surface area contributed by atoms with Gasteiger partial charge in [-0.25, -0.2) is 0 Å². The normalized spacial score (nSPS) is 26.3. The van der Waals surface area contributed by atoms with Crippen molar-refractivity contribution in [3.63, 3.8) is 0 Å². The van der Waals surface area contributed by atoms with Gasteiger partial charge in [-0.15, -0.1) is 0 Å². The zero-order valence-corrected chi connectivity index (χ0v) is 14.4. The zero-order chi connectivity index (χ0) is 17.6. The molecule has 0 spiro atoms. The summed E-state index contributed by atoms with van der Waals surface area (Å²) in [5.74, 6) is -0.830. The van der Waals surface area contributed by atoms with Crippen molar-refractivity contribution in [1.29, 1.82) is 0 Å². The van der Waals surface area contributed by atoms with Crippen LogP contribution < -0.4 is 10.6 Å². The van der Waals surface area contributed by atoms with Crippen LogP contribution in [0.15, 0.2) is 5.16 Å². The number of carboxylic acid groups (broad SMARTS) is 1. The summed E-state index contributed by atoms with van der Waals surface area (Å²) in [6.07, 6.45) is 3.12. The molecule has 1 heterocycles. The minimum Gasteiger partial charge on any atom is -0.480 e. The highest BCUT2D eigenvalue weighted by atomic mass is 16.4. The van der Waals surface area contributed by atoms with Gasteiger partial charge in [0.2, 0.25) is 5.91 Å². The first-order chi connectivity index (χ1) is 10.8. The largest absolute Gasteiger partial charge is 0.480 e. The predicted molar refractivity (Wildman–Crippen MR) is 87.6 cm³/mol. The van der Waals surface area contributed by atoms with Gasteiger partial charge in [0.25, 0.3) is 0 Å². The molecule has 1 aliphatic rings. The van der Waals surface area contributed by atoms with E-state index in [0.717, 1.165) is 19.3 Å². The lowest BCUT2D eigenvalue weighted by Crippen LogP contribution is -2.53. The van der Waals surface area contributed by atoms with Crippen LogP contribution in [0.5, 0.6) is 0 Å². The smallest absolute Gasteiger partial charge is 0.320 e. The van der Waals surface area contributed by atoms with Crippen LogP contribution in [0.2, 0.25) is 0 Å². The summed E-state index contributed by atoms with van der Waals surface area (Å²) in [6.45, 7) is 7.37. The fraction of sp³-hybridized carbons (Fsp3) is 0.812. The van der Waals surface area contributed by atoms with Crippen molar-refractivity contribution in [1.82, 2.24) is 10.6 Å². The molecule has 1 rings (SSSR count). The van der Waals surface area contributed by atoms with Crippen LogP contribution in [-0.2, 0) is 9.59 Å². The molecule has 23 heavy (non-hydrogen) atoms. The van der Waals surface area contributed by atoms with Gasteiger partial charge in [-0.05, 0) is 25.7 Å². The molecule has 1 aliphatic heterocycles. The number of hydrogen-bond acceptors (Lipinski definition) is 5. The average molecular weight is 327 g/mol. The van der Waals surface area contributed by atoms with Gasteiger partial charge in [0.1, 0.15) is 6.04 Å². The third-order valence-corrected chi connectivity index (χ3v) is 4.87. The molecule has 7 heteroatoms. The molecule has 0 saturated carbocycles. The fourth-order valence-corrected chi connectivity index (χ4v) is 3.43. The predicted octanol–water partition coefficient (Wildman–Crippen LogP) is 1.60. The van der Waals surface area contributed by atoms with Crippen molar-refractivity contribution in [2.45, 2.75) is 71.5 Å². The van der Waals surface area contributed by atoms with Crippen molar-refractivity contribution in [3.8, 4) is 0 Å². The highest BCUT2D eigenvalue weighted by Gasteiger charge is 2.43. The molecule has 0 aliphatic carbocycles. The van der Waals surface area contributed by atoms with Crippen LogP contribution in [-0.4, -0.2) is 46.0 Å². The molecule has 4 N–H and O–H groups in total. The Morgan fingerprint density at radius 1 is 1.30 bits per heavy atom. The molecule has 0 aromatic heterocycles. The standard InChI is InChI=1S/C16H29N3O4/c1-5-11(6-2)7-13(17-10(4)20)15-12(9(3)19-23)8-14(18-15)16(21)22/h11-15,18,23H,5-8H2,1-4H3,(H,17,20)(H,21,22)/t12-,13-,14+,15+/m0/s1. The number of carbonyl (C=O) groups excluding carboxylic acids is 1. The Morgan fingerprint density at radius 2 is 1.91 bits per heavy atom. The lowest BCUT2D eigenvalue weighted by molar-refractivity contribution is -0.139. The van der Waals surface area contributed by atoms with Gasteiger partial charge in [0.05, 0.1) is 5.71 Å². The highest BCUT2D eigenvalue weighted by molar-refractivity contribution is 5.87. The summed E-state index contributed by atoms with van der Waals surface area (Å²) in [4.78, 5) is 22.9. The number of oxime groups is 1. The number of nitrogens with one attached hydrogen (secondary N) is 2. The first-order valence-electron chi connectivity index (χ1n) is 8.28. The van der Waals surface area contributed by atoms with Crippen LogP contribution in [0.3, 0.4) is 0 Å². The van der Waals surface area contributed by atoms with Gasteiger partial charge >= 0.3 is 5.97 Å². The molecule has 132 valence electrons. The highest BCUT2D eigenvalue weighted by Crippen LogP contribution is 2.28. The van der Waals surface area contributed by atoms with Crippen molar-refractivity contribution >= 4 is 17.6 Å². The fourth-order valence-electron chi connectivity index (χ4n) is 3.43. The molecule has 0 radical (unpaired) electrons. The average Bonchev–Trinajstić information content (AvgIpc) is 2.95. The summed E-state index contributed by atoms with van der Waals surface area (Å²) in [5, 5.41) is 27.7. The summed E-state index contributed by atoms with van der Waals surface area (Å²) < 4.78 is 0. The molecule has 0 aromatic rings. The number of aliphatic carboxylic acids is 1. The first kappa shape index (κ1) is 19.4. The van der Waals surface area contributed by atoms with E-state index in [-0.39, 0.29) is 23.9 Å². The third kappa shape index (κ3) is 5.20. The van der Waals surface area contributed by atoms with Crippen molar-refractivity contribution in [2.24, 2.45) is 17.0 Å². The molecule has 0 aromatic carbocycles. The van der Waals surface area contributed by atoms with Crippen LogP contribution >= 0.6 is 0 Å². The number of hydrogen-bond donors (Lipinski definition) is 4. The number of amides is 1. The summed E-state index contributed by atoms with van der Waals surface area (Å²) in [6, 6.07) is -1.14. The minimum atomic E-state index is -0.924. The topological polar surface area (TPSA) is 111 Å². The van der Waals surface area contributed by atoms with Crippen LogP contribution in [0.25, 0.3) is 0 Å². The number of nitrogens with zero attached hydrogens (tertiary/aromatic N) is 1. The van der Waals surface area contributed by atoms with Crippen LogP contribution in [0.1, 0.15) is 53.4 Å². The molecular formula is C16H29N3O4. The van der Waals surface area contributed by atoms with Crippen molar-refractivity contribution in [3.05, 3.63) is 0 Å². The Balaban J connectivity index is 3.03. The van der Waals surface area contributed by atoms with E-state index in [2.05, 4.69) is 29.6 Å². The second-order valence-electron chi connectivity index (χ2n) is 6.39. The Kier molecular flexibility index (Phi) is 7.48. The minimum absolute atomic E-state index is 0.140. The monoisotopic (exact) mass is 327 g/mol. The van der Waals surface area contributed by atoms with Crippen LogP contribution in [0, 0.1) is 11.8 Å². The maximum atomic E-state index is 11.6. The van der Waals surface area contributed by atoms with Gasteiger partial charge in [-0.2, -0.15) is 0 Å². The van der Waals surface area contributed by atoms with E-state index < -0.39 is 12.0 Å². The molecule has 1 fully saturated rings. The SMILES string of the molecule is CCC(CC)C[C@H](NC(C)=O)[C@@H]1N[C@@H](C(=O)O)C[C@H]1C(C)=NO. The van der Waals surface area contributed by atoms with Gasteiger partial charge in [-0.1, -0.05) is 31.8 Å². The van der Waals surface area contributed by atoms with Gasteiger partial charge in [-0.3, -0.25) is 14.9 Å². The Morgan fingerprint density at radius 3 is 2.35 bits per heavy atom. The molecule has 1 amide bonds. The molecule has 4 atom stereocenters. The summed E-state index contributed by atoms with van der Waals surface area (Å²) in [5.41, 5.74) is 0.492. The molecule has 0 bridgehead atoms. The van der Waals surface area contributed by atoms with Crippen LogP contribution in [0.4, 0.5) is 0 Å². The molecule has 1 saturated heterocycles. The first-order valence-corrected chi connectivity index (χ1v) is 8.28. The van der Waals surface area contributed by atoms with E-state index in [9.17, 15) is 14.7 Å². The second kappa shape index (κ2) is 8.86. The Bertz CT molecular complexity index is 449. The van der Waals surface area contributed by atoms with E-state index in [1.807, 2.05) is 0 Å². The molecular weight excluding hydrogens is 298 g/mol. The zero-order valence-electron chi connectivity index (χ0n) is 14.4. The molecule has 0 unspecified atom stereocenters. The number of rotatable bonds is 8. The van der Waals surface area contributed by atoms with E-state index >= 15 is 0 Å². The van der Waals surface area contributed by atoms with E-state index in [1.54, 1.807) is 6.92 Å². The van der Waals surface area contributed by atoms with E-state index in [1.165, 1.54) is 6.92 Å². The summed E-state index contributed by atoms with van der Waals surface area (Å²) >= 11 is 0. The number of carbonyl (C=O) groups is 2. The van der Waals surface area contributed by atoms with Gasteiger partial charge in [0.15, 0.2) is 0 Å². The van der Waals surface area contributed by atoms with Crippen molar-refractivity contribution < 1.29 is 19.9 Å². The van der Waals surface area contributed by atoms with Gasteiger partial charge < -0.3 is 15.6 Å². The third-order valence-electron chi connectivity index (χ3n) is 4.87. The van der Waals surface area contributed by atoms with Gasteiger partial charge in [0, 0.05) is 24.9 Å². The van der Waals surface area contributed by atoms with E-state index in [4.69, 9.17) is 5.21 Å². The molecule has 7 nitrogen and oxygen atoms in total. The summed E-state index contributed by atoms with van der Waals surface area (Å²) in [7, 11) is 0. The maximum absolute atomic E-state index is 11.6. The quantitative estimate of drug-likeness (QED) is 0.307.